The maximum atomic E-state index is 13.5. The highest BCUT2D eigenvalue weighted by Crippen LogP contribution is 2.65. The van der Waals surface area contributed by atoms with Gasteiger partial charge in [-0.15, -0.1) is 0 Å². The van der Waals surface area contributed by atoms with Crippen molar-refractivity contribution >= 4 is 5.97 Å². The summed E-state index contributed by atoms with van der Waals surface area (Å²) in [6, 6.07) is 2.71. The summed E-state index contributed by atoms with van der Waals surface area (Å²) in [5.74, 6) is 0.107. The molecule has 0 aliphatic heterocycles. The summed E-state index contributed by atoms with van der Waals surface area (Å²) in [5, 5.41) is 11.2. The molecule has 0 N–H and O–H groups in total. The minimum atomic E-state index is -4.61. The second-order valence-electron chi connectivity index (χ2n) is 8.77. The quantitative estimate of drug-likeness (QED) is 0.781. The molecule has 5 atom stereocenters. The minimum absolute atomic E-state index is 0.0433. The number of alkyl halides is 3. The van der Waals surface area contributed by atoms with Crippen LogP contribution in [0.15, 0.2) is 18.2 Å². The van der Waals surface area contributed by atoms with Crippen LogP contribution in [0.5, 0.6) is 5.75 Å². The maximum Gasteiger partial charge on any atom is 0.419 e. The molecule has 3 nitrogen and oxygen atoms in total. The summed E-state index contributed by atoms with van der Waals surface area (Å²) >= 11 is 0. The molecule has 0 spiro atoms. The van der Waals surface area contributed by atoms with E-state index in [1.165, 1.54) is 12.8 Å². The zero-order valence-electron chi connectivity index (χ0n) is 15.5. The zero-order chi connectivity index (χ0) is 19.6. The fraction of sp³-hybridized carbons (Fsp3) is 0.667. The van der Waals surface area contributed by atoms with Gasteiger partial charge in [0, 0.05) is 11.5 Å². The van der Waals surface area contributed by atoms with Crippen molar-refractivity contribution in [1.82, 2.24) is 0 Å². The third-order valence-corrected chi connectivity index (χ3v) is 7.31. The van der Waals surface area contributed by atoms with Gasteiger partial charge in [0.15, 0.2) is 0 Å². The molecule has 3 saturated carbocycles. The van der Waals surface area contributed by atoms with Crippen molar-refractivity contribution in [2.75, 3.05) is 0 Å². The molecule has 0 heterocycles. The van der Waals surface area contributed by atoms with Crippen LogP contribution < -0.4 is 9.84 Å². The van der Waals surface area contributed by atoms with E-state index < -0.39 is 23.3 Å². The second kappa shape index (κ2) is 6.14. The molecule has 0 radical (unpaired) electrons. The lowest BCUT2D eigenvalue weighted by molar-refractivity contribution is -0.255. The normalized spacial score (nSPS) is 34.9. The van der Waals surface area contributed by atoms with Crippen LogP contribution in [-0.4, -0.2) is 11.6 Å². The maximum absolute atomic E-state index is 13.5. The lowest BCUT2D eigenvalue weighted by atomic mass is 9.68. The molecule has 3 aliphatic carbocycles. The lowest BCUT2D eigenvalue weighted by Gasteiger charge is -2.46. The number of fused-ring (bicyclic) bond motifs is 5. The number of carboxylic acids is 1. The number of carboxylic acid groups (broad SMARTS) is 1. The van der Waals surface area contributed by atoms with E-state index in [-0.39, 0.29) is 23.1 Å². The van der Waals surface area contributed by atoms with Crippen LogP contribution in [-0.2, 0) is 6.18 Å². The van der Waals surface area contributed by atoms with Crippen molar-refractivity contribution in [2.45, 2.75) is 57.7 Å². The third kappa shape index (κ3) is 2.83. The number of hydrogen-bond acceptors (Lipinski definition) is 3. The lowest BCUT2D eigenvalue weighted by Crippen LogP contribution is -2.50. The fourth-order valence-corrected chi connectivity index (χ4v) is 6.21. The van der Waals surface area contributed by atoms with Gasteiger partial charge in [0.1, 0.15) is 11.4 Å². The van der Waals surface area contributed by atoms with Crippen molar-refractivity contribution in [3.8, 4) is 5.75 Å². The van der Waals surface area contributed by atoms with Crippen LogP contribution in [0.4, 0.5) is 13.2 Å². The molecule has 0 amide bonds. The van der Waals surface area contributed by atoms with Gasteiger partial charge in [-0.25, -0.2) is 0 Å². The van der Waals surface area contributed by atoms with E-state index >= 15 is 0 Å². The number of halogens is 3. The number of rotatable bonds is 4. The SMILES string of the molecule is CC(C)C1(Oc2cc(C(=O)[O-])ccc2C(F)(F)F)CC2CC1C1CCCC21. The first-order valence-corrected chi connectivity index (χ1v) is 9.75. The standard InChI is InChI=1S/C21H25F3O3/c1-11(2)20(10-13-8-17(20)15-5-3-4-14(13)15)27-18-9-12(19(25)26)6-7-16(18)21(22,23)24/h6-7,9,11,13-15,17H,3-5,8,10H2,1-2H3,(H,25,26)/p-1. The molecule has 2 bridgehead atoms. The largest absolute Gasteiger partial charge is 0.545 e. The van der Waals surface area contributed by atoms with Crippen molar-refractivity contribution in [2.24, 2.45) is 29.6 Å². The Hall–Kier alpha value is -1.72. The van der Waals surface area contributed by atoms with Crippen LogP contribution in [0.1, 0.15) is 61.9 Å². The van der Waals surface area contributed by atoms with E-state index in [0.717, 1.165) is 37.5 Å². The van der Waals surface area contributed by atoms with Gasteiger partial charge in [0.25, 0.3) is 0 Å². The van der Waals surface area contributed by atoms with Crippen LogP contribution in [0, 0.1) is 29.6 Å². The Morgan fingerprint density at radius 3 is 2.59 bits per heavy atom. The summed E-state index contributed by atoms with van der Waals surface area (Å²) in [4.78, 5) is 11.2. The monoisotopic (exact) mass is 381 g/mol. The minimum Gasteiger partial charge on any atom is -0.545 e. The van der Waals surface area contributed by atoms with Crippen LogP contribution in [0.3, 0.4) is 0 Å². The predicted octanol–water partition coefficient (Wildman–Crippen LogP) is 4.30. The van der Waals surface area contributed by atoms with Gasteiger partial charge in [-0.05, 0) is 61.5 Å². The van der Waals surface area contributed by atoms with Gasteiger partial charge in [-0.1, -0.05) is 26.3 Å². The first-order valence-electron chi connectivity index (χ1n) is 9.75. The topological polar surface area (TPSA) is 49.4 Å². The van der Waals surface area contributed by atoms with E-state index in [0.29, 0.717) is 17.8 Å². The summed E-state index contributed by atoms with van der Waals surface area (Å²) in [7, 11) is 0. The predicted molar refractivity (Wildman–Crippen MR) is 91.0 cm³/mol. The number of hydrogen-bond donors (Lipinski definition) is 0. The number of benzene rings is 1. The molecule has 3 aliphatic rings. The Kier molecular flexibility index (Phi) is 4.24. The molecule has 148 valence electrons. The van der Waals surface area contributed by atoms with E-state index in [4.69, 9.17) is 4.74 Å². The third-order valence-electron chi connectivity index (χ3n) is 7.31. The van der Waals surface area contributed by atoms with Gasteiger partial charge in [-0.3, -0.25) is 0 Å². The van der Waals surface area contributed by atoms with Crippen molar-refractivity contribution in [3.63, 3.8) is 0 Å². The number of carbonyl (C=O) groups excluding carboxylic acids is 1. The van der Waals surface area contributed by atoms with E-state index in [2.05, 4.69) is 0 Å². The van der Waals surface area contributed by atoms with Gasteiger partial charge in [-0.2, -0.15) is 13.2 Å². The molecule has 0 aromatic heterocycles. The van der Waals surface area contributed by atoms with Crippen LogP contribution in [0.2, 0.25) is 0 Å². The van der Waals surface area contributed by atoms with Gasteiger partial charge in [0.2, 0.25) is 0 Å². The van der Waals surface area contributed by atoms with Gasteiger partial charge in [0.05, 0.1) is 11.5 Å². The summed E-state index contributed by atoms with van der Waals surface area (Å²) in [5.41, 5.74) is -1.88. The highest BCUT2D eigenvalue weighted by atomic mass is 19.4. The Morgan fingerprint density at radius 1 is 1.26 bits per heavy atom. The zero-order valence-corrected chi connectivity index (χ0v) is 15.5. The average molecular weight is 381 g/mol. The molecule has 1 aromatic carbocycles. The van der Waals surface area contributed by atoms with Crippen molar-refractivity contribution in [3.05, 3.63) is 29.3 Å². The Morgan fingerprint density at radius 2 is 1.96 bits per heavy atom. The van der Waals surface area contributed by atoms with Crippen molar-refractivity contribution < 1.29 is 27.8 Å². The molecule has 27 heavy (non-hydrogen) atoms. The van der Waals surface area contributed by atoms with E-state index in [9.17, 15) is 23.1 Å². The van der Waals surface area contributed by atoms with E-state index in [1.54, 1.807) is 0 Å². The van der Waals surface area contributed by atoms with Gasteiger partial charge >= 0.3 is 6.18 Å². The Balaban J connectivity index is 1.75. The summed E-state index contributed by atoms with van der Waals surface area (Å²) in [6.45, 7) is 4.00. The smallest absolute Gasteiger partial charge is 0.419 e. The average Bonchev–Trinajstić information content (AvgIpc) is 3.25. The molecular weight excluding hydrogens is 357 g/mol. The van der Waals surface area contributed by atoms with E-state index in [1.807, 2.05) is 13.8 Å². The fourth-order valence-electron chi connectivity index (χ4n) is 6.21. The molecular formula is C21H24F3O3-. The molecule has 1 aromatic rings. The van der Waals surface area contributed by atoms with Gasteiger partial charge < -0.3 is 14.6 Å². The molecule has 4 rings (SSSR count). The van der Waals surface area contributed by atoms with Crippen molar-refractivity contribution in [1.29, 1.82) is 0 Å². The number of ether oxygens (including phenoxy) is 1. The highest BCUT2D eigenvalue weighted by Gasteiger charge is 2.63. The first kappa shape index (κ1) is 18.6. The highest BCUT2D eigenvalue weighted by molar-refractivity contribution is 5.86. The number of carbonyl (C=O) groups is 1. The molecule has 3 fully saturated rings. The molecule has 5 unspecified atom stereocenters. The molecule has 0 saturated heterocycles. The Bertz CT molecular complexity index is 758. The van der Waals surface area contributed by atoms with Crippen LogP contribution in [0.25, 0.3) is 0 Å². The summed E-state index contributed by atoms with van der Waals surface area (Å²) in [6.07, 6.45) is 0.678. The molecule has 6 heteroatoms. The van der Waals surface area contributed by atoms with Crippen LogP contribution >= 0.6 is 0 Å². The number of aromatic carboxylic acids is 1. The first-order chi connectivity index (χ1) is 12.6. The Labute approximate surface area is 156 Å². The second-order valence-corrected chi connectivity index (χ2v) is 8.77. The summed E-state index contributed by atoms with van der Waals surface area (Å²) < 4.78 is 46.8.